The number of rotatable bonds is 3. The van der Waals surface area contributed by atoms with Crippen LogP contribution in [0.25, 0.3) is 6.20 Å². The molecule has 1 aromatic heterocycles. The maximum atomic E-state index is 13.9. The van der Waals surface area contributed by atoms with E-state index in [2.05, 4.69) is 10.4 Å². The molecule has 3 rings (SSSR count). The minimum Gasteiger partial charge on any atom is -0.476 e. The van der Waals surface area contributed by atoms with E-state index in [1.54, 1.807) is 22.9 Å². The van der Waals surface area contributed by atoms with E-state index < -0.39 is 11.8 Å². The molecule has 0 amide bonds. The Kier molecular flexibility index (Phi) is 3.53. The van der Waals surface area contributed by atoms with Crippen LogP contribution < -0.4 is 5.43 Å². The first-order valence-corrected chi connectivity index (χ1v) is 7.07. The van der Waals surface area contributed by atoms with Gasteiger partial charge in [-0.15, -0.1) is 0 Å². The van der Waals surface area contributed by atoms with Crippen molar-refractivity contribution in [2.24, 2.45) is 0 Å². The van der Waals surface area contributed by atoms with Crippen LogP contribution >= 0.6 is 22.6 Å². The summed E-state index contributed by atoms with van der Waals surface area (Å²) in [4.78, 5) is 15.3. The van der Waals surface area contributed by atoms with Gasteiger partial charge in [-0.2, -0.15) is 0 Å². The first-order chi connectivity index (χ1) is 10.0. The van der Waals surface area contributed by atoms with Crippen molar-refractivity contribution in [2.75, 3.05) is 5.43 Å². The molecule has 0 aliphatic carbocycles. The summed E-state index contributed by atoms with van der Waals surface area (Å²) in [6.45, 7) is 0.267. The van der Waals surface area contributed by atoms with Gasteiger partial charge >= 0.3 is 5.97 Å². The lowest BCUT2D eigenvalue weighted by Crippen LogP contribution is -2.36. The lowest BCUT2D eigenvalue weighted by Gasteiger charge is -2.29. The molecule has 0 atom stereocenters. The molecule has 108 valence electrons. The average Bonchev–Trinajstić information content (AvgIpc) is 2.88. The second-order valence-electron chi connectivity index (χ2n) is 4.43. The molecule has 1 aliphatic rings. The summed E-state index contributed by atoms with van der Waals surface area (Å²) in [7, 11) is 0. The molecule has 0 bridgehead atoms. The number of nitrogens with zero attached hydrogens (tertiary/aromatic N) is 3. The summed E-state index contributed by atoms with van der Waals surface area (Å²) in [6, 6.07) is 4.69. The van der Waals surface area contributed by atoms with E-state index in [0.29, 0.717) is 0 Å². The van der Waals surface area contributed by atoms with E-state index >= 15 is 0 Å². The van der Waals surface area contributed by atoms with Gasteiger partial charge in [-0.25, -0.2) is 14.2 Å². The predicted octanol–water partition coefficient (Wildman–Crippen LogP) is 2.35. The number of carboxylic acids is 1. The third-order valence-corrected chi connectivity index (χ3v) is 3.70. The van der Waals surface area contributed by atoms with Crippen LogP contribution in [0.4, 0.5) is 10.1 Å². The number of hydrogen-bond donors (Lipinski definition) is 2. The molecular formula is C13H10FIN4O2. The molecule has 0 saturated heterocycles. The quantitative estimate of drug-likeness (QED) is 0.775. The number of anilines is 1. The van der Waals surface area contributed by atoms with Crippen molar-refractivity contribution in [3.63, 3.8) is 0 Å². The zero-order valence-electron chi connectivity index (χ0n) is 10.6. The van der Waals surface area contributed by atoms with E-state index in [-0.39, 0.29) is 17.9 Å². The molecule has 0 saturated carbocycles. The van der Waals surface area contributed by atoms with Gasteiger partial charge in [0.05, 0.1) is 30.5 Å². The zero-order chi connectivity index (χ0) is 15.0. The summed E-state index contributed by atoms with van der Waals surface area (Å²) < 4.78 is 16.3. The third kappa shape index (κ3) is 2.71. The fourth-order valence-electron chi connectivity index (χ4n) is 2.02. The molecule has 0 fully saturated rings. The van der Waals surface area contributed by atoms with Gasteiger partial charge in [0, 0.05) is 9.77 Å². The minimum absolute atomic E-state index is 0.0125. The molecule has 1 aromatic carbocycles. The number of imidazole rings is 1. The van der Waals surface area contributed by atoms with Crippen molar-refractivity contribution >= 4 is 40.4 Å². The monoisotopic (exact) mass is 400 g/mol. The van der Waals surface area contributed by atoms with Crippen molar-refractivity contribution in [3.05, 3.63) is 51.5 Å². The van der Waals surface area contributed by atoms with Gasteiger partial charge in [0.15, 0.2) is 5.70 Å². The Labute approximate surface area is 133 Å². The fraction of sp³-hybridized carbons (Fsp3) is 0.0769. The van der Waals surface area contributed by atoms with Gasteiger partial charge < -0.3 is 9.67 Å². The number of nitrogens with one attached hydrogen (secondary N) is 1. The van der Waals surface area contributed by atoms with Crippen LogP contribution in [-0.2, 0) is 11.3 Å². The molecule has 21 heavy (non-hydrogen) atoms. The van der Waals surface area contributed by atoms with Gasteiger partial charge in [0.1, 0.15) is 5.82 Å². The van der Waals surface area contributed by atoms with Crippen LogP contribution in [-0.4, -0.2) is 25.6 Å². The lowest BCUT2D eigenvalue weighted by atomic mass is 10.3. The van der Waals surface area contributed by atoms with Crippen molar-refractivity contribution in [1.29, 1.82) is 0 Å². The van der Waals surface area contributed by atoms with Crippen LogP contribution in [0.3, 0.4) is 0 Å². The summed E-state index contributed by atoms with van der Waals surface area (Å²) in [6.07, 6.45) is 4.60. The molecule has 0 radical (unpaired) electrons. The highest BCUT2D eigenvalue weighted by Gasteiger charge is 2.24. The summed E-state index contributed by atoms with van der Waals surface area (Å²) >= 11 is 2.01. The largest absolute Gasteiger partial charge is 0.476 e. The number of aliphatic carboxylic acids is 1. The Morgan fingerprint density at radius 3 is 3.00 bits per heavy atom. The fourth-order valence-corrected chi connectivity index (χ4v) is 2.47. The van der Waals surface area contributed by atoms with Crippen LogP contribution in [0.1, 0.15) is 5.69 Å². The third-order valence-electron chi connectivity index (χ3n) is 3.02. The molecule has 2 N–H and O–H groups in total. The van der Waals surface area contributed by atoms with Crippen LogP contribution in [0.2, 0.25) is 0 Å². The first kappa shape index (κ1) is 13.9. The second-order valence-corrected chi connectivity index (χ2v) is 5.68. The molecular weight excluding hydrogens is 390 g/mol. The van der Waals surface area contributed by atoms with Crippen molar-refractivity contribution in [3.8, 4) is 0 Å². The van der Waals surface area contributed by atoms with Gasteiger partial charge in [-0.3, -0.25) is 10.4 Å². The Bertz CT molecular complexity index is 744. The smallest absolute Gasteiger partial charge is 0.355 e. The maximum Gasteiger partial charge on any atom is 0.355 e. The maximum absolute atomic E-state index is 13.9. The number of aromatic nitrogens is 2. The molecule has 2 heterocycles. The van der Waals surface area contributed by atoms with Gasteiger partial charge in [-0.1, -0.05) is 0 Å². The van der Waals surface area contributed by atoms with Crippen LogP contribution in [0.15, 0.2) is 36.4 Å². The van der Waals surface area contributed by atoms with E-state index in [9.17, 15) is 14.3 Å². The zero-order valence-corrected chi connectivity index (χ0v) is 12.8. The Morgan fingerprint density at radius 2 is 2.29 bits per heavy atom. The van der Waals surface area contributed by atoms with E-state index in [0.717, 1.165) is 9.26 Å². The highest BCUT2D eigenvalue weighted by molar-refractivity contribution is 14.1. The van der Waals surface area contributed by atoms with E-state index in [1.807, 2.05) is 22.6 Å². The Morgan fingerprint density at radius 1 is 1.48 bits per heavy atom. The van der Waals surface area contributed by atoms with Gasteiger partial charge in [-0.05, 0) is 40.8 Å². The normalized spacial score (nSPS) is 13.6. The SMILES string of the molecule is O=C(O)C1=Cn2cncc2CN1Nc1ccc(I)cc1F. The highest BCUT2D eigenvalue weighted by Crippen LogP contribution is 2.23. The van der Waals surface area contributed by atoms with Gasteiger partial charge in [0.25, 0.3) is 0 Å². The van der Waals surface area contributed by atoms with E-state index in [4.69, 9.17) is 0 Å². The lowest BCUT2D eigenvalue weighted by molar-refractivity contribution is -0.134. The van der Waals surface area contributed by atoms with Crippen molar-refractivity contribution in [1.82, 2.24) is 14.6 Å². The summed E-state index contributed by atoms with van der Waals surface area (Å²) in [5, 5.41) is 10.7. The molecule has 8 heteroatoms. The number of carboxylic acid groups (broad SMARTS) is 1. The first-order valence-electron chi connectivity index (χ1n) is 5.99. The molecule has 0 unspecified atom stereocenters. The Balaban J connectivity index is 1.92. The number of hydrazine groups is 1. The standard InChI is InChI=1S/C13H10FIN4O2/c14-10-3-8(15)1-2-11(10)17-19-5-9-4-16-7-18(9)6-12(19)13(20)21/h1-4,6-7,17H,5H2,(H,20,21). The van der Waals surface area contributed by atoms with Gasteiger partial charge in [0.2, 0.25) is 0 Å². The summed E-state index contributed by atoms with van der Waals surface area (Å²) in [5.74, 6) is -1.54. The minimum atomic E-state index is -1.10. The van der Waals surface area contributed by atoms with Crippen molar-refractivity contribution in [2.45, 2.75) is 6.54 Å². The highest BCUT2D eigenvalue weighted by atomic mass is 127. The Hall–Kier alpha value is -2.10. The molecule has 2 aromatic rings. The van der Waals surface area contributed by atoms with E-state index in [1.165, 1.54) is 23.6 Å². The second kappa shape index (κ2) is 5.35. The number of hydrogen-bond acceptors (Lipinski definition) is 4. The number of fused-ring (bicyclic) bond motifs is 1. The molecule has 6 nitrogen and oxygen atoms in total. The summed E-state index contributed by atoms with van der Waals surface area (Å²) in [5.41, 5.74) is 3.84. The molecule has 0 spiro atoms. The number of halogens is 2. The average molecular weight is 400 g/mol. The number of benzene rings is 1. The number of carbonyl (C=O) groups is 1. The van der Waals surface area contributed by atoms with Crippen molar-refractivity contribution < 1.29 is 14.3 Å². The predicted molar refractivity (Wildman–Crippen MR) is 82.4 cm³/mol. The van der Waals surface area contributed by atoms with Crippen LogP contribution in [0, 0.1) is 9.39 Å². The van der Waals surface area contributed by atoms with Crippen LogP contribution in [0.5, 0.6) is 0 Å². The topological polar surface area (TPSA) is 70.4 Å². The molecule has 1 aliphatic heterocycles.